The lowest BCUT2D eigenvalue weighted by Gasteiger charge is -1.93. The van der Waals surface area contributed by atoms with E-state index in [0.717, 1.165) is 11.3 Å². The van der Waals surface area contributed by atoms with E-state index < -0.39 is 0 Å². The van der Waals surface area contributed by atoms with Crippen LogP contribution in [0.3, 0.4) is 0 Å². The van der Waals surface area contributed by atoms with E-state index in [1.807, 2.05) is 27.7 Å². The van der Waals surface area contributed by atoms with E-state index in [9.17, 15) is 0 Å². The molecule has 10 heavy (non-hydrogen) atoms. The largest absolute Gasteiger partial charge is 0.261 e. The normalized spacial score (nSPS) is 10.0. The Kier molecular flexibility index (Phi) is 3.70. The highest BCUT2D eigenvalue weighted by atomic mass is 14.7. The minimum Gasteiger partial charge on any atom is -0.261 e. The molecule has 0 saturated carbocycles. The molecule has 0 spiro atoms. The number of allylic oxidation sites excluding steroid dienone is 3. The Bertz CT molecular complexity index is 181. The summed E-state index contributed by atoms with van der Waals surface area (Å²) in [7, 11) is 0. The molecule has 0 aliphatic heterocycles. The average molecular weight is 137 g/mol. The molecule has 0 aliphatic rings. The smallest absolute Gasteiger partial charge is 0.0359 e. The van der Waals surface area contributed by atoms with E-state index in [1.54, 1.807) is 6.21 Å². The van der Waals surface area contributed by atoms with Gasteiger partial charge >= 0.3 is 0 Å². The number of rotatable bonds is 2. The zero-order chi connectivity index (χ0) is 8.15. The predicted molar refractivity (Wildman–Crippen MR) is 47.4 cm³/mol. The van der Waals surface area contributed by atoms with Gasteiger partial charge in [-0.2, -0.15) is 0 Å². The van der Waals surface area contributed by atoms with Crippen LogP contribution in [0.1, 0.15) is 27.7 Å². The van der Waals surface area contributed by atoms with Crippen molar-refractivity contribution in [3.05, 3.63) is 23.4 Å². The Balaban J connectivity index is 4.16. The molecule has 1 heteroatoms. The third-order valence-electron chi connectivity index (χ3n) is 1.20. The van der Waals surface area contributed by atoms with Gasteiger partial charge in [-0.1, -0.05) is 12.2 Å². The molecule has 0 amide bonds. The quantitative estimate of drug-likeness (QED) is 0.519. The number of hydrogen-bond acceptors (Lipinski definition) is 1. The molecule has 1 nitrogen and oxygen atoms in total. The van der Waals surface area contributed by atoms with Gasteiger partial charge in [-0.05, 0) is 33.3 Å². The molecule has 0 rings (SSSR count). The van der Waals surface area contributed by atoms with Gasteiger partial charge in [-0.25, -0.2) is 0 Å². The van der Waals surface area contributed by atoms with Crippen molar-refractivity contribution in [3.8, 4) is 0 Å². The Morgan fingerprint density at radius 2 is 1.70 bits per heavy atom. The molecule has 0 saturated heterocycles. The Labute approximate surface area is 63.2 Å². The van der Waals surface area contributed by atoms with E-state index in [0.29, 0.717) is 0 Å². The van der Waals surface area contributed by atoms with Gasteiger partial charge in [0.2, 0.25) is 0 Å². The average Bonchev–Trinajstić information content (AvgIpc) is 1.82. The first-order valence-electron chi connectivity index (χ1n) is 3.37. The van der Waals surface area contributed by atoms with Gasteiger partial charge in [-0.3, -0.25) is 4.99 Å². The summed E-state index contributed by atoms with van der Waals surface area (Å²) in [6.07, 6.45) is 1.78. The van der Waals surface area contributed by atoms with Gasteiger partial charge in [0.1, 0.15) is 0 Å². The molecule has 0 atom stereocenters. The van der Waals surface area contributed by atoms with Gasteiger partial charge < -0.3 is 0 Å². The van der Waals surface area contributed by atoms with Crippen LogP contribution < -0.4 is 0 Å². The highest BCUT2D eigenvalue weighted by molar-refractivity contribution is 5.77. The van der Waals surface area contributed by atoms with Crippen LogP contribution in [0, 0.1) is 0 Å². The summed E-state index contributed by atoms with van der Waals surface area (Å²) < 4.78 is 0. The first-order valence-corrected chi connectivity index (χ1v) is 3.37. The highest BCUT2D eigenvalue weighted by Crippen LogP contribution is 2.02. The van der Waals surface area contributed by atoms with Crippen molar-refractivity contribution in [2.24, 2.45) is 4.99 Å². The second-order valence-electron chi connectivity index (χ2n) is 2.69. The summed E-state index contributed by atoms with van der Waals surface area (Å²) in [6, 6.07) is 0. The van der Waals surface area contributed by atoms with Gasteiger partial charge in [-0.15, -0.1) is 0 Å². The van der Waals surface area contributed by atoms with E-state index in [2.05, 4.69) is 11.6 Å². The molecule has 56 valence electrons. The fourth-order valence-electron chi connectivity index (χ4n) is 0.336. The van der Waals surface area contributed by atoms with Crippen molar-refractivity contribution >= 4 is 6.21 Å². The second-order valence-corrected chi connectivity index (χ2v) is 2.69. The van der Waals surface area contributed by atoms with Crippen LogP contribution in [0.25, 0.3) is 0 Å². The van der Waals surface area contributed by atoms with Crippen molar-refractivity contribution < 1.29 is 0 Å². The number of nitrogens with zero attached hydrogens (tertiary/aromatic N) is 1. The lowest BCUT2D eigenvalue weighted by Crippen LogP contribution is -1.78. The monoisotopic (exact) mass is 137 g/mol. The van der Waals surface area contributed by atoms with Crippen LogP contribution in [-0.2, 0) is 0 Å². The SMILES string of the molecule is C=C(C)C=NC(C)=C(C)C. The standard InChI is InChI=1S/C9H15N/c1-7(2)6-10-9(5)8(3)4/h6H,1H2,2-5H3. The summed E-state index contributed by atoms with van der Waals surface area (Å²) in [5.74, 6) is 0. The topological polar surface area (TPSA) is 12.4 Å². The maximum Gasteiger partial charge on any atom is 0.0359 e. The van der Waals surface area contributed by atoms with Gasteiger partial charge in [0.15, 0.2) is 0 Å². The summed E-state index contributed by atoms with van der Waals surface area (Å²) in [5, 5.41) is 0. The molecule has 0 heterocycles. The maximum absolute atomic E-state index is 4.18. The number of hydrogen-bond donors (Lipinski definition) is 0. The fourth-order valence-corrected chi connectivity index (χ4v) is 0.336. The molecule has 0 aliphatic carbocycles. The Morgan fingerprint density at radius 1 is 1.20 bits per heavy atom. The van der Waals surface area contributed by atoms with Crippen LogP contribution in [-0.4, -0.2) is 6.21 Å². The molecule has 0 bridgehead atoms. The summed E-state index contributed by atoms with van der Waals surface area (Å²) in [6.45, 7) is 11.7. The van der Waals surface area contributed by atoms with Crippen molar-refractivity contribution in [1.29, 1.82) is 0 Å². The minimum atomic E-state index is 0.987. The Morgan fingerprint density at radius 3 is 2.00 bits per heavy atom. The molecule has 0 fully saturated rings. The third kappa shape index (κ3) is 4.07. The zero-order valence-electron chi connectivity index (χ0n) is 7.23. The van der Waals surface area contributed by atoms with Crippen LogP contribution in [0.15, 0.2) is 28.4 Å². The van der Waals surface area contributed by atoms with Crippen LogP contribution >= 0.6 is 0 Å². The molecule has 0 unspecified atom stereocenters. The maximum atomic E-state index is 4.18. The van der Waals surface area contributed by atoms with Crippen LogP contribution in [0.4, 0.5) is 0 Å². The van der Waals surface area contributed by atoms with E-state index >= 15 is 0 Å². The minimum absolute atomic E-state index is 0.987. The van der Waals surface area contributed by atoms with Crippen molar-refractivity contribution in [1.82, 2.24) is 0 Å². The van der Waals surface area contributed by atoms with Gasteiger partial charge in [0.25, 0.3) is 0 Å². The molecule has 0 N–H and O–H groups in total. The van der Waals surface area contributed by atoms with Crippen molar-refractivity contribution in [2.75, 3.05) is 0 Å². The van der Waals surface area contributed by atoms with Crippen LogP contribution in [0.2, 0.25) is 0 Å². The van der Waals surface area contributed by atoms with E-state index in [1.165, 1.54) is 5.57 Å². The molecule has 0 aromatic heterocycles. The Hall–Kier alpha value is -0.850. The van der Waals surface area contributed by atoms with E-state index in [-0.39, 0.29) is 0 Å². The third-order valence-corrected chi connectivity index (χ3v) is 1.20. The molecular weight excluding hydrogens is 122 g/mol. The van der Waals surface area contributed by atoms with Crippen LogP contribution in [0.5, 0.6) is 0 Å². The van der Waals surface area contributed by atoms with Gasteiger partial charge in [0, 0.05) is 11.9 Å². The van der Waals surface area contributed by atoms with Crippen molar-refractivity contribution in [3.63, 3.8) is 0 Å². The summed E-state index contributed by atoms with van der Waals surface area (Å²) >= 11 is 0. The van der Waals surface area contributed by atoms with Crippen molar-refractivity contribution in [2.45, 2.75) is 27.7 Å². The molecule has 0 aromatic rings. The van der Waals surface area contributed by atoms with Gasteiger partial charge in [0.05, 0.1) is 0 Å². The fraction of sp³-hybridized carbons (Fsp3) is 0.444. The first-order chi connectivity index (χ1) is 4.54. The summed E-state index contributed by atoms with van der Waals surface area (Å²) in [4.78, 5) is 4.18. The lowest BCUT2D eigenvalue weighted by molar-refractivity contribution is 1.19. The summed E-state index contributed by atoms with van der Waals surface area (Å²) in [5.41, 5.74) is 3.31. The molecular formula is C9H15N. The predicted octanol–water partition coefficient (Wildman–Crippen LogP) is 2.95. The molecule has 0 aromatic carbocycles. The zero-order valence-corrected chi connectivity index (χ0v) is 7.23. The highest BCUT2D eigenvalue weighted by Gasteiger charge is 1.84. The lowest BCUT2D eigenvalue weighted by atomic mass is 10.3. The first kappa shape index (κ1) is 9.15. The number of aliphatic imine (C=N–C) groups is 1. The second kappa shape index (κ2) is 4.04. The molecule has 0 radical (unpaired) electrons. The van der Waals surface area contributed by atoms with E-state index in [4.69, 9.17) is 0 Å².